The van der Waals surface area contributed by atoms with E-state index in [2.05, 4.69) is 10.6 Å². The zero-order chi connectivity index (χ0) is 18.7. The molecule has 0 spiro atoms. The van der Waals surface area contributed by atoms with Gasteiger partial charge in [0.15, 0.2) is 6.61 Å². The molecule has 0 aromatic heterocycles. The van der Waals surface area contributed by atoms with Gasteiger partial charge in [0.25, 0.3) is 5.91 Å². The van der Waals surface area contributed by atoms with Crippen molar-refractivity contribution in [2.45, 2.75) is 71.3 Å². The van der Waals surface area contributed by atoms with Crippen molar-refractivity contribution in [3.8, 4) is 0 Å². The fourth-order valence-electron chi connectivity index (χ4n) is 5.76. The molecular formula is C20H32N2O4. The largest absolute Gasteiger partial charge is 0.456 e. The SMILES string of the molecule is CCCNC(=O)[C@H](C)NC(=O)COC(=O)CC12CC3CC(CC(C3)C1)C2. The molecule has 2 amide bonds. The van der Waals surface area contributed by atoms with E-state index in [0.717, 1.165) is 43.4 Å². The topological polar surface area (TPSA) is 84.5 Å². The maximum atomic E-state index is 12.3. The standard InChI is InChI=1S/C20H32N2O4/c1-3-4-21-19(25)13(2)22-17(23)12-26-18(24)11-20-8-14-5-15(9-20)7-16(6-14)10-20/h13-16H,3-12H2,1-2H3,(H,21,25)(H,22,23)/t13-,14?,15?,16?,20?/m0/s1. The molecule has 0 saturated heterocycles. The van der Waals surface area contributed by atoms with E-state index in [1.54, 1.807) is 6.92 Å². The van der Waals surface area contributed by atoms with E-state index in [4.69, 9.17) is 4.74 Å². The van der Waals surface area contributed by atoms with Crippen molar-refractivity contribution in [3.05, 3.63) is 0 Å². The molecule has 146 valence electrons. The van der Waals surface area contributed by atoms with Gasteiger partial charge in [0.1, 0.15) is 6.04 Å². The average Bonchev–Trinajstić information content (AvgIpc) is 2.56. The maximum absolute atomic E-state index is 12.3. The maximum Gasteiger partial charge on any atom is 0.306 e. The third-order valence-corrected chi connectivity index (χ3v) is 6.37. The van der Waals surface area contributed by atoms with Crippen LogP contribution in [0.25, 0.3) is 0 Å². The second kappa shape index (κ2) is 7.97. The van der Waals surface area contributed by atoms with Gasteiger partial charge >= 0.3 is 5.97 Å². The second-order valence-electron chi connectivity index (χ2n) is 8.84. The van der Waals surface area contributed by atoms with Gasteiger partial charge < -0.3 is 15.4 Å². The lowest BCUT2D eigenvalue weighted by Gasteiger charge is -2.56. The van der Waals surface area contributed by atoms with Gasteiger partial charge in [-0.05, 0) is 75.0 Å². The van der Waals surface area contributed by atoms with Crippen LogP contribution < -0.4 is 10.6 Å². The minimum Gasteiger partial charge on any atom is -0.456 e. The predicted octanol–water partition coefficient (Wildman–Crippen LogP) is 2.17. The van der Waals surface area contributed by atoms with Gasteiger partial charge in [-0.3, -0.25) is 14.4 Å². The summed E-state index contributed by atoms with van der Waals surface area (Å²) in [4.78, 5) is 36.0. The lowest BCUT2D eigenvalue weighted by molar-refractivity contribution is -0.155. The molecule has 2 N–H and O–H groups in total. The molecule has 4 rings (SSSR count). The van der Waals surface area contributed by atoms with Crippen LogP contribution in [0.1, 0.15) is 65.2 Å². The first-order chi connectivity index (χ1) is 12.4. The lowest BCUT2D eigenvalue weighted by atomic mass is 9.49. The van der Waals surface area contributed by atoms with Crippen molar-refractivity contribution in [1.82, 2.24) is 10.6 Å². The lowest BCUT2D eigenvalue weighted by Crippen LogP contribution is -2.47. The van der Waals surface area contributed by atoms with Crippen molar-refractivity contribution in [3.63, 3.8) is 0 Å². The molecule has 4 fully saturated rings. The van der Waals surface area contributed by atoms with E-state index < -0.39 is 11.9 Å². The Morgan fingerprint density at radius 3 is 2.19 bits per heavy atom. The number of rotatable bonds is 8. The molecular weight excluding hydrogens is 332 g/mol. The van der Waals surface area contributed by atoms with Crippen LogP contribution in [0, 0.1) is 23.2 Å². The summed E-state index contributed by atoms with van der Waals surface area (Å²) in [5.74, 6) is 1.45. The Balaban J connectivity index is 1.40. The smallest absolute Gasteiger partial charge is 0.306 e. The Morgan fingerprint density at radius 2 is 1.65 bits per heavy atom. The number of nitrogens with one attached hydrogen (secondary N) is 2. The minimum absolute atomic E-state index is 0.121. The molecule has 0 unspecified atom stereocenters. The number of hydrogen-bond donors (Lipinski definition) is 2. The van der Waals surface area contributed by atoms with Crippen molar-refractivity contribution in [2.75, 3.05) is 13.2 Å². The van der Waals surface area contributed by atoms with Crippen molar-refractivity contribution >= 4 is 17.8 Å². The molecule has 26 heavy (non-hydrogen) atoms. The van der Waals surface area contributed by atoms with Gasteiger partial charge in [-0.2, -0.15) is 0 Å². The third-order valence-electron chi connectivity index (χ3n) is 6.37. The van der Waals surface area contributed by atoms with E-state index in [9.17, 15) is 14.4 Å². The van der Waals surface area contributed by atoms with Crippen LogP contribution >= 0.6 is 0 Å². The van der Waals surface area contributed by atoms with Crippen molar-refractivity contribution < 1.29 is 19.1 Å². The summed E-state index contributed by atoms with van der Waals surface area (Å²) in [6.45, 7) is 3.86. The molecule has 4 saturated carbocycles. The summed E-state index contributed by atoms with van der Waals surface area (Å²) in [5, 5.41) is 5.30. The number of hydrogen-bond acceptors (Lipinski definition) is 4. The molecule has 0 aliphatic heterocycles. The average molecular weight is 364 g/mol. The number of ether oxygens (including phenoxy) is 1. The van der Waals surface area contributed by atoms with Crippen LogP contribution in [0.3, 0.4) is 0 Å². The molecule has 1 atom stereocenters. The van der Waals surface area contributed by atoms with E-state index in [0.29, 0.717) is 13.0 Å². The van der Waals surface area contributed by atoms with Gasteiger partial charge in [0.2, 0.25) is 5.91 Å². The molecule has 0 aromatic rings. The zero-order valence-corrected chi connectivity index (χ0v) is 16.0. The molecule has 0 aromatic carbocycles. The number of carbonyl (C=O) groups excluding carboxylic acids is 3. The molecule has 0 radical (unpaired) electrons. The molecule has 0 heterocycles. The minimum atomic E-state index is -0.629. The highest BCUT2D eigenvalue weighted by molar-refractivity contribution is 5.88. The number of carbonyl (C=O) groups is 3. The highest BCUT2D eigenvalue weighted by Gasteiger charge is 2.51. The summed E-state index contributed by atoms with van der Waals surface area (Å²) in [6.07, 6.45) is 8.75. The highest BCUT2D eigenvalue weighted by Crippen LogP contribution is 2.61. The quantitative estimate of drug-likeness (QED) is 0.647. The van der Waals surface area contributed by atoms with E-state index >= 15 is 0 Å². The van der Waals surface area contributed by atoms with Gasteiger partial charge in [-0.25, -0.2) is 0 Å². The van der Waals surface area contributed by atoms with Crippen LogP contribution in [0.15, 0.2) is 0 Å². The van der Waals surface area contributed by atoms with Gasteiger partial charge in [0, 0.05) is 6.54 Å². The highest BCUT2D eigenvalue weighted by atomic mass is 16.5. The Kier molecular flexibility index (Phi) is 5.88. The fourth-order valence-corrected chi connectivity index (χ4v) is 5.76. The summed E-state index contributed by atoms with van der Waals surface area (Å²) in [7, 11) is 0. The Labute approximate surface area is 155 Å². The van der Waals surface area contributed by atoms with Gasteiger partial charge in [0.05, 0.1) is 6.42 Å². The first kappa shape index (κ1) is 19.2. The number of esters is 1. The first-order valence-corrected chi connectivity index (χ1v) is 10.1. The van der Waals surface area contributed by atoms with E-state index in [-0.39, 0.29) is 23.9 Å². The summed E-state index contributed by atoms with van der Waals surface area (Å²) < 4.78 is 5.22. The Hall–Kier alpha value is -1.59. The van der Waals surface area contributed by atoms with E-state index in [1.165, 1.54) is 19.3 Å². The summed E-state index contributed by atoms with van der Waals surface area (Å²) in [5.41, 5.74) is 0.121. The van der Waals surface area contributed by atoms with Crippen molar-refractivity contribution in [1.29, 1.82) is 0 Å². The van der Waals surface area contributed by atoms with Gasteiger partial charge in [-0.15, -0.1) is 0 Å². The molecule has 4 aliphatic carbocycles. The van der Waals surface area contributed by atoms with Crippen LogP contribution in [0.5, 0.6) is 0 Å². The van der Waals surface area contributed by atoms with Crippen LogP contribution in [0.2, 0.25) is 0 Å². The Morgan fingerprint density at radius 1 is 1.08 bits per heavy atom. The second-order valence-corrected chi connectivity index (χ2v) is 8.84. The summed E-state index contributed by atoms with van der Waals surface area (Å²) in [6, 6.07) is -0.629. The first-order valence-electron chi connectivity index (χ1n) is 10.1. The van der Waals surface area contributed by atoms with Gasteiger partial charge in [-0.1, -0.05) is 6.92 Å². The normalized spacial score (nSPS) is 32.8. The molecule has 6 heteroatoms. The monoisotopic (exact) mass is 364 g/mol. The predicted molar refractivity (Wildman–Crippen MR) is 97.1 cm³/mol. The summed E-state index contributed by atoms with van der Waals surface area (Å²) >= 11 is 0. The van der Waals surface area contributed by atoms with Crippen molar-refractivity contribution in [2.24, 2.45) is 23.2 Å². The fraction of sp³-hybridized carbons (Fsp3) is 0.850. The third kappa shape index (κ3) is 4.57. The zero-order valence-electron chi connectivity index (χ0n) is 16.0. The Bertz CT molecular complexity index is 525. The molecule has 4 bridgehead atoms. The number of amides is 2. The van der Waals surface area contributed by atoms with E-state index in [1.807, 2.05) is 6.92 Å². The molecule has 6 nitrogen and oxygen atoms in total. The van der Waals surface area contributed by atoms with Crippen LogP contribution in [-0.4, -0.2) is 37.0 Å². The van der Waals surface area contributed by atoms with Crippen LogP contribution in [0.4, 0.5) is 0 Å². The molecule has 4 aliphatic rings. The van der Waals surface area contributed by atoms with Crippen LogP contribution in [-0.2, 0) is 19.1 Å².